The Bertz CT molecular complexity index is 906. The first-order valence-electron chi connectivity index (χ1n) is 15.5. The number of phenols is 1. The molecular formula is C33H54O3Sn. The van der Waals surface area contributed by atoms with E-state index in [0.29, 0.717) is 23.5 Å². The van der Waals surface area contributed by atoms with Gasteiger partial charge in [-0.05, 0) is 0 Å². The van der Waals surface area contributed by atoms with Gasteiger partial charge in [-0.15, -0.1) is 0 Å². The average Bonchev–Trinajstić information content (AvgIpc) is 3.17. The van der Waals surface area contributed by atoms with Gasteiger partial charge in [-0.25, -0.2) is 0 Å². The Kier molecular flexibility index (Phi) is 9.82. The van der Waals surface area contributed by atoms with Crippen LogP contribution in [0.1, 0.15) is 109 Å². The monoisotopic (exact) mass is 618 g/mol. The molecule has 0 aromatic heterocycles. The molecule has 2 fully saturated rings. The number of hydrogen-bond acceptors (Lipinski definition) is 3. The van der Waals surface area contributed by atoms with Crippen LogP contribution in [0.3, 0.4) is 0 Å². The van der Waals surface area contributed by atoms with Crippen LogP contribution in [-0.2, 0) is 11.2 Å². The van der Waals surface area contributed by atoms with Gasteiger partial charge in [0.05, 0.1) is 0 Å². The predicted octanol–water partition coefficient (Wildman–Crippen LogP) is 8.55. The molecule has 2 saturated carbocycles. The zero-order valence-corrected chi connectivity index (χ0v) is 27.3. The maximum absolute atomic E-state index is 12.5. The second kappa shape index (κ2) is 12.3. The van der Waals surface area contributed by atoms with E-state index in [4.69, 9.17) is 4.74 Å². The van der Waals surface area contributed by atoms with E-state index in [1.165, 1.54) is 63.0 Å². The van der Waals surface area contributed by atoms with Gasteiger partial charge in [0.2, 0.25) is 0 Å². The van der Waals surface area contributed by atoms with E-state index in [-0.39, 0.29) is 11.5 Å². The van der Waals surface area contributed by atoms with Crippen LogP contribution in [0, 0.1) is 17.3 Å². The fourth-order valence-electron chi connectivity index (χ4n) is 8.68. The Morgan fingerprint density at radius 3 is 2.27 bits per heavy atom. The fourth-order valence-corrected chi connectivity index (χ4v) is 23.1. The summed E-state index contributed by atoms with van der Waals surface area (Å²) in [6, 6.07) is 5.97. The fraction of sp³-hybridized carbons (Fsp3) is 0.758. The predicted molar refractivity (Wildman–Crippen MR) is 158 cm³/mol. The first-order chi connectivity index (χ1) is 17.8. The molecule has 0 radical (unpaired) electrons. The molecule has 37 heavy (non-hydrogen) atoms. The van der Waals surface area contributed by atoms with Crippen LogP contribution >= 0.6 is 0 Å². The first kappa shape index (κ1) is 29.5. The molecule has 0 unspecified atom stereocenters. The van der Waals surface area contributed by atoms with Crippen molar-refractivity contribution < 1.29 is 14.9 Å². The second-order valence-corrected chi connectivity index (χ2v) is 26.1. The van der Waals surface area contributed by atoms with Gasteiger partial charge >= 0.3 is 232 Å². The van der Waals surface area contributed by atoms with Crippen LogP contribution in [0.25, 0.3) is 0 Å². The molecule has 0 heterocycles. The number of hydrogen-bond donors (Lipinski definition) is 2. The number of aromatic hydroxyl groups is 1. The summed E-state index contributed by atoms with van der Waals surface area (Å²) < 4.78 is 13.3. The van der Waals surface area contributed by atoms with Gasteiger partial charge in [0, 0.05) is 0 Å². The minimum atomic E-state index is -2.49. The molecule has 3 aliphatic rings. The van der Waals surface area contributed by atoms with Crippen molar-refractivity contribution in [1.82, 2.24) is 0 Å². The summed E-state index contributed by atoms with van der Waals surface area (Å²) in [6.07, 6.45) is 15.5. The number of aliphatic hydroxyl groups is 1. The van der Waals surface area contributed by atoms with Crippen molar-refractivity contribution in [3.63, 3.8) is 0 Å². The molecule has 0 spiro atoms. The van der Waals surface area contributed by atoms with E-state index >= 15 is 0 Å². The van der Waals surface area contributed by atoms with Crippen molar-refractivity contribution in [3.8, 4) is 5.75 Å². The Hall–Kier alpha value is -0.521. The number of fused-ring (bicyclic) bond motifs is 5. The molecule has 4 heteroatoms. The second-order valence-electron chi connectivity index (χ2n) is 13.1. The first-order valence-corrected chi connectivity index (χ1v) is 23.2. The third kappa shape index (κ3) is 5.71. The molecule has 3 aliphatic carbocycles. The molecule has 4 rings (SSSR count). The zero-order chi connectivity index (χ0) is 26.7. The molecule has 0 bridgehead atoms. The number of unbranched alkanes of at least 4 members (excludes halogenated alkanes) is 3. The van der Waals surface area contributed by atoms with Gasteiger partial charge in [0.25, 0.3) is 0 Å². The Morgan fingerprint density at radius 1 is 1.03 bits per heavy atom. The number of ether oxygens (including phenoxy) is 1. The summed E-state index contributed by atoms with van der Waals surface area (Å²) in [5.74, 6) is 1.80. The van der Waals surface area contributed by atoms with Crippen LogP contribution in [0.4, 0.5) is 0 Å². The van der Waals surface area contributed by atoms with Crippen LogP contribution in [0.15, 0.2) is 28.4 Å². The molecule has 2 N–H and O–H groups in total. The van der Waals surface area contributed by atoms with Crippen LogP contribution in [0.5, 0.6) is 5.75 Å². The normalized spacial score (nSPS) is 33.4. The van der Waals surface area contributed by atoms with Gasteiger partial charge in [0.15, 0.2) is 0 Å². The molecule has 0 aliphatic heterocycles. The van der Waals surface area contributed by atoms with Gasteiger partial charge < -0.3 is 0 Å². The van der Waals surface area contributed by atoms with E-state index in [0.717, 1.165) is 32.1 Å². The third-order valence-corrected chi connectivity index (χ3v) is 25.0. The average molecular weight is 618 g/mol. The molecule has 6 atom stereocenters. The molecular weight excluding hydrogens is 563 g/mol. The van der Waals surface area contributed by atoms with Gasteiger partial charge in [-0.3, -0.25) is 0 Å². The number of methoxy groups -OCH3 is 1. The number of benzene rings is 1. The minimum absolute atomic E-state index is 0.112. The van der Waals surface area contributed by atoms with Crippen LogP contribution in [0.2, 0.25) is 13.3 Å². The third-order valence-electron chi connectivity index (χ3n) is 11.0. The SMILES string of the molecule is CCC[CH2][Sn](/[CH]=C/[C@]1(O)CC[C@H]2[C@@H]3CCc4cc(O)ccc4[C@H]3[C@@H](OC)C[C@@]21C)([CH2]CCC)[CH2]CCC. The van der Waals surface area contributed by atoms with Gasteiger partial charge in [0.1, 0.15) is 0 Å². The summed E-state index contributed by atoms with van der Waals surface area (Å²) in [5, 5.41) is 22.6. The summed E-state index contributed by atoms with van der Waals surface area (Å²) in [4.78, 5) is 0. The van der Waals surface area contributed by atoms with Crippen molar-refractivity contribution in [2.75, 3.05) is 7.11 Å². The molecule has 0 amide bonds. The summed E-state index contributed by atoms with van der Waals surface area (Å²) in [6.45, 7) is 9.40. The van der Waals surface area contributed by atoms with Crippen LogP contribution < -0.4 is 0 Å². The quantitative estimate of drug-likeness (QED) is 0.231. The molecule has 0 saturated heterocycles. The van der Waals surface area contributed by atoms with Crippen molar-refractivity contribution >= 4 is 18.4 Å². The molecule has 1 aromatic rings. The number of rotatable bonds is 12. The summed E-state index contributed by atoms with van der Waals surface area (Å²) >= 11 is -2.49. The topological polar surface area (TPSA) is 49.7 Å². The maximum atomic E-state index is 12.5. The summed E-state index contributed by atoms with van der Waals surface area (Å²) in [5.41, 5.74) is 1.81. The van der Waals surface area contributed by atoms with Gasteiger partial charge in [-0.2, -0.15) is 0 Å². The number of phenolic OH excluding ortho intramolecular Hbond substituents is 1. The van der Waals surface area contributed by atoms with Crippen LogP contribution in [-0.4, -0.2) is 47.4 Å². The molecule has 1 aromatic carbocycles. The summed E-state index contributed by atoms with van der Waals surface area (Å²) in [7, 11) is 1.87. The van der Waals surface area contributed by atoms with Crippen molar-refractivity contribution in [2.24, 2.45) is 17.3 Å². The zero-order valence-electron chi connectivity index (χ0n) is 24.4. The Morgan fingerprint density at radius 2 is 1.68 bits per heavy atom. The number of aryl methyl sites for hydroxylation is 1. The van der Waals surface area contributed by atoms with Crippen molar-refractivity contribution in [1.29, 1.82) is 0 Å². The van der Waals surface area contributed by atoms with E-state index < -0.39 is 24.0 Å². The van der Waals surface area contributed by atoms with Crippen molar-refractivity contribution in [3.05, 3.63) is 39.5 Å². The van der Waals surface area contributed by atoms with E-state index in [1.54, 1.807) is 0 Å². The molecule has 3 nitrogen and oxygen atoms in total. The Balaban J connectivity index is 1.65. The van der Waals surface area contributed by atoms with Gasteiger partial charge in [-0.1, -0.05) is 0 Å². The van der Waals surface area contributed by atoms with E-state index in [1.807, 2.05) is 19.2 Å². The standard InChI is InChI=1S/C21H27O3.3C4H9.Sn/c1-4-21(23)10-9-17-16-7-5-13-11-14(22)6-8-15(13)19(16)18(24-3)12-20(17,21)2;3*1-3-4-2;/h1,4,6,8,11,16-19,22-23H,5,7,9-10,12H2,2-3H3;3*1,3-4H2,2H3;/t16-,17-,18-,19+,20-,21-;;;;/m0..../s1. The molecule has 208 valence electrons. The van der Waals surface area contributed by atoms with E-state index in [9.17, 15) is 10.2 Å². The Labute approximate surface area is 231 Å². The van der Waals surface area contributed by atoms with Crippen molar-refractivity contribution in [2.45, 2.75) is 129 Å². The van der Waals surface area contributed by atoms with E-state index in [2.05, 4.69) is 43.9 Å².